The summed E-state index contributed by atoms with van der Waals surface area (Å²) >= 11 is 0. The summed E-state index contributed by atoms with van der Waals surface area (Å²) in [6.45, 7) is 0. The average molecular weight is 353 g/mol. The van der Waals surface area contributed by atoms with E-state index in [-0.39, 0.29) is 12.1 Å². The summed E-state index contributed by atoms with van der Waals surface area (Å²) in [7, 11) is 0. The molecule has 0 fully saturated rings. The molecule has 0 spiro atoms. The molecule has 10 heteroatoms. The maximum atomic E-state index is 13.3. The van der Waals surface area contributed by atoms with Crippen molar-refractivity contribution in [2.45, 2.75) is 43.2 Å². The van der Waals surface area contributed by atoms with Crippen molar-refractivity contribution < 1.29 is 39.5 Å². The first-order valence-corrected chi connectivity index (χ1v) is 6.27. The summed E-state index contributed by atoms with van der Waals surface area (Å²) in [5.41, 5.74) is 5.95. The van der Waals surface area contributed by atoms with E-state index in [1.54, 1.807) is 0 Å². The molecule has 0 aliphatic rings. The van der Waals surface area contributed by atoms with Gasteiger partial charge in [0.2, 0.25) is 0 Å². The lowest BCUT2D eigenvalue weighted by Crippen LogP contribution is -2.60. The van der Waals surface area contributed by atoms with Gasteiger partial charge in [0, 0.05) is 12.1 Å². The number of halogens is 9. The summed E-state index contributed by atoms with van der Waals surface area (Å²) in [6, 6.07) is 5.80. The highest BCUT2D eigenvalue weighted by Gasteiger charge is 2.81. The van der Waals surface area contributed by atoms with Crippen molar-refractivity contribution in [2.24, 2.45) is 0 Å². The number of aryl methyl sites for hydroxylation is 1. The summed E-state index contributed by atoms with van der Waals surface area (Å²) in [5, 5.41) is 0. The van der Waals surface area contributed by atoms with Gasteiger partial charge < -0.3 is 5.73 Å². The van der Waals surface area contributed by atoms with Gasteiger partial charge in [0.1, 0.15) is 0 Å². The molecule has 1 aromatic rings. The Bertz CT molecular complexity index is 536. The highest BCUT2D eigenvalue weighted by molar-refractivity contribution is 5.46. The molecule has 1 aromatic carbocycles. The van der Waals surface area contributed by atoms with Crippen LogP contribution in [-0.2, 0) is 6.42 Å². The normalized spacial score (nSPS) is 14.1. The van der Waals surface area contributed by atoms with Crippen LogP contribution in [0.25, 0.3) is 0 Å². The third-order valence-corrected chi connectivity index (χ3v) is 3.20. The Morgan fingerprint density at radius 3 is 1.78 bits per heavy atom. The van der Waals surface area contributed by atoms with Crippen molar-refractivity contribution in [3.8, 4) is 0 Å². The monoisotopic (exact) mass is 353 g/mol. The molecule has 132 valence electrons. The first kappa shape index (κ1) is 19.4. The zero-order valence-corrected chi connectivity index (χ0v) is 11.4. The van der Waals surface area contributed by atoms with Crippen molar-refractivity contribution in [1.82, 2.24) is 0 Å². The molecule has 0 atom stereocenters. The fraction of sp³-hybridized carbons (Fsp3) is 0.538. The van der Waals surface area contributed by atoms with Crippen LogP contribution in [0.1, 0.15) is 18.4 Å². The van der Waals surface area contributed by atoms with Crippen LogP contribution in [0.15, 0.2) is 24.3 Å². The molecule has 0 bridgehead atoms. The second-order valence-electron chi connectivity index (χ2n) is 4.90. The van der Waals surface area contributed by atoms with E-state index in [9.17, 15) is 39.5 Å². The molecule has 0 saturated carbocycles. The van der Waals surface area contributed by atoms with E-state index in [2.05, 4.69) is 0 Å². The Kier molecular flexibility index (Phi) is 5.17. The lowest BCUT2D eigenvalue weighted by Gasteiger charge is -2.33. The van der Waals surface area contributed by atoms with Gasteiger partial charge >= 0.3 is 23.9 Å². The number of nitrogen functional groups attached to an aromatic ring is 1. The number of nitrogens with two attached hydrogens (primary N) is 1. The van der Waals surface area contributed by atoms with Crippen molar-refractivity contribution >= 4 is 5.69 Å². The SMILES string of the molecule is Nc1ccccc1CCCC(F)(F)C(F)(F)C(F)(F)C(F)(F)F. The minimum absolute atomic E-state index is 0.170. The van der Waals surface area contributed by atoms with E-state index in [0.29, 0.717) is 5.56 Å². The quantitative estimate of drug-likeness (QED) is 0.561. The maximum Gasteiger partial charge on any atom is 0.460 e. The van der Waals surface area contributed by atoms with Crippen LogP contribution in [0.4, 0.5) is 45.2 Å². The van der Waals surface area contributed by atoms with E-state index in [0.717, 1.165) is 0 Å². The van der Waals surface area contributed by atoms with Crippen molar-refractivity contribution in [1.29, 1.82) is 0 Å². The molecule has 1 rings (SSSR count). The molecular weight excluding hydrogens is 341 g/mol. The number of alkyl halides is 9. The van der Waals surface area contributed by atoms with Crippen LogP contribution in [0.5, 0.6) is 0 Å². The second kappa shape index (κ2) is 6.12. The lowest BCUT2D eigenvalue weighted by molar-refractivity contribution is -0.396. The largest absolute Gasteiger partial charge is 0.460 e. The highest BCUT2D eigenvalue weighted by atomic mass is 19.4. The summed E-state index contributed by atoms with van der Waals surface area (Å²) in [4.78, 5) is 0. The molecule has 2 N–H and O–H groups in total. The predicted octanol–water partition coefficient (Wildman–Crippen LogP) is 5.06. The molecule has 0 aliphatic heterocycles. The molecule has 1 nitrogen and oxygen atoms in total. The van der Waals surface area contributed by atoms with Gasteiger partial charge in [0.25, 0.3) is 0 Å². The van der Waals surface area contributed by atoms with Crippen molar-refractivity contribution in [3.63, 3.8) is 0 Å². The topological polar surface area (TPSA) is 26.0 Å². The molecule has 0 aromatic heterocycles. The minimum Gasteiger partial charge on any atom is -0.399 e. The Hall–Kier alpha value is -1.61. The van der Waals surface area contributed by atoms with Crippen LogP contribution in [0, 0.1) is 0 Å². The average Bonchev–Trinajstić information content (AvgIpc) is 2.39. The minimum atomic E-state index is -6.84. The van der Waals surface area contributed by atoms with Crippen LogP contribution in [0.3, 0.4) is 0 Å². The van der Waals surface area contributed by atoms with Gasteiger partial charge in [-0.15, -0.1) is 0 Å². The number of rotatable bonds is 6. The van der Waals surface area contributed by atoms with E-state index in [1.165, 1.54) is 24.3 Å². The lowest BCUT2D eigenvalue weighted by atomic mass is 9.97. The van der Waals surface area contributed by atoms with Gasteiger partial charge in [-0.3, -0.25) is 0 Å². The van der Waals surface area contributed by atoms with Gasteiger partial charge in [-0.2, -0.15) is 39.5 Å². The van der Waals surface area contributed by atoms with Gasteiger partial charge in [-0.25, -0.2) is 0 Å². The molecular formula is C13H12F9N. The van der Waals surface area contributed by atoms with E-state index >= 15 is 0 Å². The van der Waals surface area contributed by atoms with E-state index in [1.807, 2.05) is 0 Å². The third kappa shape index (κ3) is 3.66. The molecule has 0 saturated heterocycles. The first-order chi connectivity index (χ1) is 10.2. The summed E-state index contributed by atoms with van der Waals surface area (Å²) in [5.74, 6) is -18.9. The molecule has 0 unspecified atom stereocenters. The Balaban J connectivity index is 2.84. The van der Waals surface area contributed by atoms with Crippen LogP contribution in [-0.4, -0.2) is 23.9 Å². The molecule has 23 heavy (non-hydrogen) atoms. The smallest absolute Gasteiger partial charge is 0.399 e. The van der Waals surface area contributed by atoms with Crippen molar-refractivity contribution in [2.75, 3.05) is 5.73 Å². The van der Waals surface area contributed by atoms with Crippen LogP contribution >= 0.6 is 0 Å². The van der Waals surface area contributed by atoms with Gasteiger partial charge in [-0.05, 0) is 24.5 Å². The van der Waals surface area contributed by atoms with E-state index < -0.39 is 36.8 Å². The zero-order valence-electron chi connectivity index (χ0n) is 11.4. The Labute approximate surface area is 125 Å². The number of hydrogen-bond donors (Lipinski definition) is 1. The standard InChI is InChI=1S/C13H12F9N/c14-10(15,11(16,17)12(18,19)13(20,21)22)7-3-5-8-4-1-2-6-9(8)23/h1-2,4,6H,3,5,7,23H2. The first-order valence-electron chi connectivity index (χ1n) is 6.27. The van der Waals surface area contributed by atoms with E-state index in [4.69, 9.17) is 5.73 Å². The Morgan fingerprint density at radius 2 is 1.30 bits per heavy atom. The fourth-order valence-electron chi connectivity index (χ4n) is 1.83. The molecule has 0 radical (unpaired) electrons. The Morgan fingerprint density at radius 1 is 0.783 bits per heavy atom. The second-order valence-corrected chi connectivity index (χ2v) is 4.90. The number of hydrogen-bond acceptors (Lipinski definition) is 1. The summed E-state index contributed by atoms with van der Waals surface area (Å²) < 4.78 is 114. The fourth-order valence-corrected chi connectivity index (χ4v) is 1.83. The van der Waals surface area contributed by atoms with Gasteiger partial charge in [0.05, 0.1) is 0 Å². The zero-order chi connectivity index (χ0) is 18.1. The maximum absolute atomic E-state index is 13.3. The van der Waals surface area contributed by atoms with Gasteiger partial charge in [-0.1, -0.05) is 18.2 Å². The number of para-hydroxylation sites is 1. The predicted molar refractivity (Wildman–Crippen MR) is 64.7 cm³/mol. The highest BCUT2D eigenvalue weighted by Crippen LogP contribution is 2.54. The molecule has 0 aliphatic carbocycles. The van der Waals surface area contributed by atoms with Gasteiger partial charge in [0.15, 0.2) is 0 Å². The van der Waals surface area contributed by atoms with Crippen LogP contribution < -0.4 is 5.73 Å². The molecule has 0 amide bonds. The number of anilines is 1. The number of benzene rings is 1. The molecule has 0 heterocycles. The van der Waals surface area contributed by atoms with Crippen LogP contribution in [0.2, 0.25) is 0 Å². The summed E-state index contributed by atoms with van der Waals surface area (Å²) in [6.07, 6.45) is -9.65. The third-order valence-electron chi connectivity index (χ3n) is 3.20. The van der Waals surface area contributed by atoms with Crippen molar-refractivity contribution in [3.05, 3.63) is 29.8 Å².